The first-order valence-corrected chi connectivity index (χ1v) is 27.7. The van der Waals surface area contributed by atoms with Crippen LogP contribution in [0.3, 0.4) is 0 Å². The molecule has 0 spiro atoms. The Morgan fingerprint density at radius 3 is 1.26 bits per heavy atom. The van der Waals surface area contributed by atoms with E-state index >= 15 is 0 Å². The average Bonchev–Trinajstić information content (AvgIpc) is 3.96. The standard InChI is InChI=1S/C79H53N/c1-5-21-59(22-6-1)76-70-31-16-15-30-68(70)69-51-46-63(53-72(69)77(76)60-23-7-2-8-24-60)58-44-49-67(50-45-58)80(66-47-42-56(43-48-66)55-36-38-57(39-37-55)62-41-40-54-20-13-14-25-61(54)52-62)75-35-19-34-74-78(75)71-32-17-18-33-73(71)79(74,64-26-9-3-10-27-64)65-28-11-4-12-29-65/h1-53H. The quantitative estimate of drug-likeness (QED) is 0.123. The van der Waals surface area contributed by atoms with Crippen molar-refractivity contribution >= 4 is 49.4 Å². The highest BCUT2D eigenvalue weighted by Crippen LogP contribution is 2.59. The summed E-state index contributed by atoms with van der Waals surface area (Å²) in [6, 6.07) is 119. The van der Waals surface area contributed by atoms with Gasteiger partial charge in [-0.1, -0.05) is 279 Å². The minimum absolute atomic E-state index is 0.538. The van der Waals surface area contributed by atoms with Crippen LogP contribution >= 0.6 is 0 Å². The highest BCUT2D eigenvalue weighted by molar-refractivity contribution is 6.22. The molecule has 0 aromatic heterocycles. The van der Waals surface area contributed by atoms with E-state index in [0.717, 1.165) is 22.6 Å². The average molecular weight is 1020 g/mol. The Labute approximate surface area is 467 Å². The van der Waals surface area contributed by atoms with E-state index in [1.807, 2.05) is 0 Å². The number of benzene rings is 14. The molecule has 0 saturated heterocycles. The Hall–Kier alpha value is -10.3. The van der Waals surface area contributed by atoms with E-state index in [9.17, 15) is 0 Å². The number of hydrogen-bond donors (Lipinski definition) is 0. The van der Waals surface area contributed by atoms with Gasteiger partial charge < -0.3 is 4.90 Å². The molecule has 0 atom stereocenters. The second kappa shape index (κ2) is 19.6. The zero-order valence-electron chi connectivity index (χ0n) is 44.0. The van der Waals surface area contributed by atoms with Gasteiger partial charge in [0.1, 0.15) is 0 Å². The third-order valence-corrected chi connectivity index (χ3v) is 16.7. The van der Waals surface area contributed by atoms with Gasteiger partial charge in [0.2, 0.25) is 0 Å². The predicted molar refractivity (Wildman–Crippen MR) is 338 cm³/mol. The van der Waals surface area contributed by atoms with Gasteiger partial charge in [0, 0.05) is 16.9 Å². The fourth-order valence-electron chi connectivity index (χ4n) is 13.1. The SMILES string of the molecule is c1ccc(-c2c(-c3ccccc3)c3cc(-c4ccc(N(c5ccc(-c6ccc(-c7ccc8ccccc8c7)cc6)cc5)c5cccc6c5-c5ccccc5C6(c5ccccc5)c5ccccc5)cc4)ccc3c3ccccc23)cc1. The summed E-state index contributed by atoms with van der Waals surface area (Å²) in [6.07, 6.45) is 0. The molecule has 0 saturated carbocycles. The van der Waals surface area contributed by atoms with Crippen LogP contribution in [0.4, 0.5) is 17.1 Å². The van der Waals surface area contributed by atoms with Crippen LogP contribution in [-0.2, 0) is 5.41 Å². The second-order valence-electron chi connectivity index (χ2n) is 21.1. The molecule has 0 aliphatic heterocycles. The monoisotopic (exact) mass is 1020 g/mol. The van der Waals surface area contributed by atoms with Crippen LogP contribution in [0.5, 0.6) is 0 Å². The fraction of sp³-hybridized carbons (Fsp3) is 0.0127. The Morgan fingerprint density at radius 2 is 0.650 bits per heavy atom. The van der Waals surface area contributed by atoms with Crippen LogP contribution in [0.2, 0.25) is 0 Å². The largest absolute Gasteiger partial charge is 0.310 e. The molecule has 0 heterocycles. The van der Waals surface area contributed by atoms with Crippen LogP contribution in [0.15, 0.2) is 322 Å². The molecule has 1 heteroatoms. The lowest BCUT2D eigenvalue weighted by Gasteiger charge is -2.34. The molecule has 0 N–H and O–H groups in total. The first-order valence-electron chi connectivity index (χ1n) is 27.7. The molecule has 0 radical (unpaired) electrons. The zero-order valence-corrected chi connectivity index (χ0v) is 44.0. The van der Waals surface area contributed by atoms with E-state index in [2.05, 4.69) is 326 Å². The molecule has 15 rings (SSSR count). The van der Waals surface area contributed by atoms with Gasteiger partial charge >= 0.3 is 0 Å². The van der Waals surface area contributed by atoms with Gasteiger partial charge in [-0.2, -0.15) is 0 Å². The Kier molecular flexibility index (Phi) is 11.5. The maximum Gasteiger partial charge on any atom is 0.0714 e. The molecule has 0 fully saturated rings. The van der Waals surface area contributed by atoms with Crippen molar-refractivity contribution in [2.75, 3.05) is 4.90 Å². The molecular formula is C79H53N. The van der Waals surface area contributed by atoms with Crippen molar-refractivity contribution in [3.8, 4) is 66.8 Å². The lowest BCUT2D eigenvalue weighted by atomic mass is 9.68. The van der Waals surface area contributed by atoms with Crippen molar-refractivity contribution in [2.45, 2.75) is 5.41 Å². The van der Waals surface area contributed by atoms with E-state index in [-0.39, 0.29) is 0 Å². The predicted octanol–water partition coefficient (Wildman–Crippen LogP) is 21.3. The smallest absolute Gasteiger partial charge is 0.0714 e. The molecule has 374 valence electrons. The normalized spacial score (nSPS) is 12.3. The minimum atomic E-state index is -0.538. The lowest BCUT2D eigenvalue weighted by molar-refractivity contribution is 0.768. The summed E-state index contributed by atoms with van der Waals surface area (Å²) in [5.74, 6) is 0. The van der Waals surface area contributed by atoms with Crippen LogP contribution < -0.4 is 4.90 Å². The number of anilines is 3. The van der Waals surface area contributed by atoms with Gasteiger partial charge in [0.05, 0.1) is 11.1 Å². The highest BCUT2D eigenvalue weighted by Gasteiger charge is 2.47. The lowest BCUT2D eigenvalue weighted by Crippen LogP contribution is -2.28. The first kappa shape index (κ1) is 46.9. The Morgan fingerprint density at radius 1 is 0.225 bits per heavy atom. The third-order valence-electron chi connectivity index (χ3n) is 16.7. The minimum Gasteiger partial charge on any atom is -0.310 e. The van der Waals surface area contributed by atoms with Gasteiger partial charge in [-0.15, -0.1) is 0 Å². The zero-order chi connectivity index (χ0) is 53.0. The molecule has 80 heavy (non-hydrogen) atoms. The van der Waals surface area contributed by atoms with Gasteiger partial charge in [-0.3, -0.25) is 0 Å². The van der Waals surface area contributed by atoms with Crippen molar-refractivity contribution < 1.29 is 0 Å². The van der Waals surface area contributed by atoms with Crippen LogP contribution in [0.1, 0.15) is 22.3 Å². The van der Waals surface area contributed by atoms with E-state index < -0.39 is 5.41 Å². The number of rotatable bonds is 10. The first-order chi connectivity index (χ1) is 39.7. The molecule has 14 aromatic rings. The van der Waals surface area contributed by atoms with Gasteiger partial charge in [0.15, 0.2) is 0 Å². The van der Waals surface area contributed by atoms with Crippen LogP contribution in [0.25, 0.3) is 99.1 Å². The molecule has 0 bridgehead atoms. The summed E-state index contributed by atoms with van der Waals surface area (Å²) < 4.78 is 0. The van der Waals surface area contributed by atoms with Crippen LogP contribution in [0, 0.1) is 0 Å². The maximum absolute atomic E-state index is 2.48. The molecule has 1 aliphatic carbocycles. The van der Waals surface area contributed by atoms with Crippen molar-refractivity contribution in [3.63, 3.8) is 0 Å². The highest BCUT2D eigenvalue weighted by atomic mass is 15.1. The summed E-state index contributed by atoms with van der Waals surface area (Å²) in [7, 11) is 0. The van der Waals surface area contributed by atoms with Crippen molar-refractivity contribution in [1.82, 2.24) is 0 Å². The van der Waals surface area contributed by atoms with Gasteiger partial charge in [-0.05, 0) is 158 Å². The second-order valence-corrected chi connectivity index (χ2v) is 21.1. The van der Waals surface area contributed by atoms with E-state index in [4.69, 9.17) is 0 Å². The molecule has 14 aromatic carbocycles. The van der Waals surface area contributed by atoms with Crippen molar-refractivity contribution in [3.05, 3.63) is 344 Å². The van der Waals surface area contributed by atoms with E-state index in [1.54, 1.807) is 0 Å². The number of nitrogens with zero attached hydrogens (tertiary/aromatic N) is 1. The van der Waals surface area contributed by atoms with Gasteiger partial charge in [-0.25, -0.2) is 0 Å². The van der Waals surface area contributed by atoms with E-state index in [0.29, 0.717) is 0 Å². The summed E-state index contributed by atoms with van der Waals surface area (Å²) in [6.45, 7) is 0. The van der Waals surface area contributed by atoms with Crippen molar-refractivity contribution in [2.24, 2.45) is 0 Å². The molecule has 1 nitrogen and oxygen atoms in total. The molecular weight excluding hydrogens is 963 g/mol. The number of fused-ring (bicyclic) bond motifs is 7. The Balaban J connectivity index is 0.886. The molecule has 0 amide bonds. The molecule has 0 unspecified atom stereocenters. The van der Waals surface area contributed by atoms with E-state index in [1.165, 1.54) is 116 Å². The van der Waals surface area contributed by atoms with Crippen LogP contribution in [-0.4, -0.2) is 0 Å². The van der Waals surface area contributed by atoms with Gasteiger partial charge in [0.25, 0.3) is 0 Å². The Bertz CT molecular complexity index is 4550. The van der Waals surface area contributed by atoms with Crippen molar-refractivity contribution in [1.29, 1.82) is 0 Å². The summed E-state index contributed by atoms with van der Waals surface area (Å²) in [5, 5.41) is 7.49. The number of hydrogen-bond acceptors (Lipinski definition) is 1. The summed E-state index contributed by atoms with van der Waals surface area (Å²) in [4.78, 5) is 2.48. The third kappa shape index (κ3) is 7.77. The molecule has 1 aliphatic rings. The summed E-state index contributed by atoms with van der Waals surface area (Å²) >= 11 is 0. The fourth-order valence-corrected chi connectivity index (χ4v) is 13.1. The topological polar surface area (TPSA) is 3.24 Å². The maximum atomic E-state index is 2.48. The summed E-state index contributed by atoms with van der Waals surface area (Å²) in [5.41, 5.74) is 22.3.